The van der Waals surface area contributed by atoms with Crippen LogP contribution in [0.3, 0.4) is 0 Å². The number of carbonyl (C=O) groups is 2. The third kappa shape index (κ3) is 6.05. The van der Waals surface area contributed by atoms with Gasteiger partial charge in [-0.2, -0.15) is 0 Å². The standard InChI is InChI=1S/C42H52N4O3/c47-41(43-29-13-9-27(10-14-29)23-25-45-35-17-18-36(45)32-6-2-1-5-31(32)35)39-21-22-40(49-39)42(48)44-30-15-11-28(12-16-30)24-26-46-37-19-20-38(46)34-8-4-3-7-33(34)37/h1-8,21-22,27-30,35-38H,9-20,23-26H2,(H,43,47)(H,44,48)/t27?,28?,29?,30?,35-,36+,37-,38+. The van der Waals surface area contributed by atoms with Crippen LogP contribution >= 0.6 is 0 Å². The van der Waals surface area contributed by atoms with Gasteiger partial charge in [0.25, 0.3) is 11.8 Å². The van der Waals surface area contributed by atoms with E-state index < -0.39 is 0 Å². The van der Waals surface area contributed by atoms with E-state index in [-0.39, 0.29) is 35.4 Å². The Labute approximate surface area is 291 Å². The summed E-state index contributed by atoms with van der Waals surface area (Å²) in [4.78, 5) is 31.6. The van der Waals surface area contributed by atoms with Gasteiger partial charge >= 0.3 is 0 Å². The molecule has 2 amide bonds. The minimum absolute atomic E-state index is 0.171. The minimum atomic E-state index is -0.205. The summed E-state index contributed by atoms with van der Waals surface area (Å²) in [5, 5.41) is 6.39. The normalized spacial score (nSPS) is 31.8. The van der Waals surface area contributed by atoms with E-state index in [1.165, 1.54) is 51.6 Å². The number of fused-ring (bicyclic) bond motifs is 10. The second kappa shape index (κ2) is 13.4. The summed E-state index contributed by atoms with van der Waals surface area (Å²) < 4.78 is 5.79. The maximum Gasteiger partial charge on any atom is 0.287 e. The Hall–Kier alpha value is -3.42. The number of hydrogen-bond acceptors (Lipinski definition) is 5. The molecule has 1 aromatic heterocycles. The number of amides is 2. The van der Waals surface area contributed by atoms with Crippen LogP contribution in [0.5, 0.6) is 0 Å². The number of carbonyl (C=O) groups excluding carboxylic acids is 2. The molecule has 4 fully saturated rings. The first kappa shape index (κ1) is 31.6. The lowest BCUT2D eigenvalue weighted by Crippen LogP contribution is -2.38. The van der Waals surface area contributed by atoms with Crippen LogP contribution in [0.2, 0.25) is 0 Å². The summed E-state index contributed by atoms with van der Waals surface area (Å²) in [7, 11) is 0. The van der Waals surface area contributed by atoms with Gasteiger partial charge in [0.1, 0.15) is 0 Å². The van der Waals surface area contributed by atoms with Crippen LogP contribution in [0, 0.1) is 11.8 Å². The van der Waals surface area contributed by atoms with Crippen molar-refractivity contribution in [2.75, 3.05) is 13.1 Å². The van der Waals surface area contributed by atoms with Gasteiger partial charge in [0.2, 0.25) is 0 Å². The average molecular weight is 661 g/mol. The number of nitrogens with one attached hydrogen (secondary N) is 2. The fourth-order valence-electron chi connectivity index (χ4n) is 10.9. The molecule has 2 aromatic carbocycles. The van der Waals surface area contributed by atoms with E-state index in [0.717, 1.165) is 63.2 Å². The van der Waals surface area contributed by atoms with Crippen molar-refractivity contribution in [3.05, 3.63) is 94.4 Å². The third-order valence-corrected chi connectivity index (χ3v) is 13.5. The van der Waals surface area contributed by atoms with Crippen LogP contribution in [0.1, 0.15) is 157 Å². The van der Waals surface area contributed by atoms with E-state index >= 15 is 0 Å². The molecular formula is C42H52N4O3. The van der Waals surface area contributed by atoms with Crippen molar-refractivity contribution in [3.63, 3.8) is 0 Å². The smallest absolute Gasteiger partial charge is 0.287 e. The molecular weight excluding hydrogens is 608 g/mol. The molecule has 4 bridgehead atoms. The lowest BCUT2D eigenvalue weighted by molar-refractivity contribution is 0.0865. The van der Waals surface area contributed by atoms with Crippen LogP contribution < -0.4 is 10.6 Å². The van der Waals surface area contributed by atoms with Crippen LogP contribution in [0.25, 0.3) is 0 Å². The van der Waals surface area contributed by atoms with Crippen molar-refractivity contribution in [1.82, 2.24) is 20.4 Å². The van der Waals surface area contributed by atoms with Crippen molar-refractivity contribution < 1.29 is 14.0 Å². The zero-order chi connectivity index (χ0) is 32.9. The van der Waals surface area contributed by atoms with Crippen LogP contribution in [-0.2, 0) is 0 Å². The molecule has 2 saturated carbocycles. The summed E-state index contributed by atoms with van der Waals surface area (Å²) >= 11 is 0. The van der Waals surface area contributed by atoms with E-state index in [2.05, 4.69) is 69.0 Å². The molecule has 0 spiro atoms. The maximum atomic E-state index is 13.1. The first-order valence-electron chi connectivity index (χ1n) is 19.5. The molecule has 9 rings (SSSR count). The van der Waals surface area contributed by atoms with Crippen LogP contribution in [0.4, 0.5) is 0 Å². The van der Waals surface area contributed by atoms with Gasteiger partial charge in [0.05, 0.1) is 0 Å². The Bertz CT molecular complexity index is 1490. The number of nitrogens with zero attached hydrogens (tertiary/aromatic N) is 2. The quantitative estimate of drug-likeness (QED) is 0.228. The first-order valence-corrected chi connectivity index (χ1v) is 19.5. The Morgan fingerprint density at radius 1 is 0.510 bits per heavy atom. The zero-order valence-corrected chi connectivity index (χ0v) is 28.8. The van der Waals surface area contributed by atoms with E-state index in [1.807, 2.05) is 0 Å². The summed E-state index contributed by atoms with van der Waals surface area (Å²) in [5.74, 6) is 1.51. The highest BCUT2D eigenvalue weighted by Crippen LogP contribution is 2.54. The monoisotopic (exact) mass is 660 g/mol. The molecule has 4 aliphatic heterocycles. The van der Waals surface area contributed by atoms with Gasteiger partial charge in [-0.1, -0.05) is 48.5 Å². The molecule has 7 heteroatoms. The molecule has 5 heterocycles. The Kier molecular flexibility index (Phi) is 8.61. The Morgan fingerprint density at radius 3 is 1.20 bits per heavy atom. The van der Waals surface area contributed by atoms with Crippen LogP contribution in [-0.4, -0.2) is 46.8 Å². The third-order valence-electron chi connectivity index (χ3n) is 13.5. The van der Waals surface area contributed by atoms with Gasteiger partial charge in [-0.15, -0.1) is 0 Å². The minimum Gasteiger partial charge on any atom is -0.446 e. The van der Waals surface area contributed by atoms with Crippen molar-refractivity contribution in [1.29, 1.82) is 0 Å². The van der Waals surface area contributed by atoms with Gasteiger partial charge in [-0.25, -0.2) is 0 Å². The molecule has 3 aromatic rings. The highest BCUT2D eigenvalue weighted by molar-refractivity contribution is 5.95. The van der Waals surface area contributed by atoms with Gasteiger partial charge < -0.3 is 15.1 Å². The first-order chi connectivity index (χ1) is 24.1. The summed E-state index contributed by atoms with van der Waals surface area (Å²) in [6.07, 6.45) is 16.3. The topological polar surface area (TPSA) is 77.8 Å². The molecule has 2 saturated heterocycles. The van der Waals surface area contributed by atoms with Gasteiger partial charge in [-0.05, 0) is 149 Å². The molecule has 4 atom stereocenters. The largest absolute Gasteiger partial charge is 0.446 e. The van der Waals surface area contributed by atoms with Crippen LogP contribution in [0.15, 0.2) is 65.1 Å². The predicted octanol–water partition coefficient (Wildman–Crippen LogP) is 8.42. The summed E-state index contributed by atoms with van der Waals surface area (Å²) in [6, 6.07) is 24.2. The van der Waals surface area contributed by atoms with Gasteiger partial charge in [0.15, 0.2) is 11.5 Å². The zero-order valence-electron chi connectivity index (χ0n) is 28.8. The number of hydrogen-bond donors (Lipinski definition) is 2. The van der Waals surface area contributed by atoms with E-state index in [0.29, 0.717) is 24.2 Å². The van der Waals surface area contributed by atoms with E-state index in [9.17, 15) is 9.59 Å². The van der Waals surface area contributed by atoms with E-state index in [1.54, 1.807) is 34.4 Å². The Morgan fingerprint density at radius 2 is 0.857 bits per heavy atom. The van der Waals surface area contributed by atoms with Gasteiger partial charge in [-0.3, -0.25) is 19.4 Å². The van der Waals surface area contributed by atoms with E-state index in [4.69, 9.17) is 4.42 Å². The van der Waals surface area contributed by atoms with Crippen molar-refractivity contribution >= 4 is 11.8 Å². The van der Waals surface area contributed by atoms with Crippen molar-refractivity contribution in [3.8, 4) is 0 Å². The number of benzene rings is 2. The maximum absolute atomic E-state index is 13.1. The Balaban J connectivity index is 0.683. The van der Waals surface area contributed by atoms with Crippen molar-refractivity contribution in [2.24, 2.45) is 11.8 Å². The molecule has 0 radical (unpaired) electrons. The van der Waals surface area contributed by atoms with Gasteiger partial charge in [0, 0.05) is 36.3 Å². The predicted molar refractivity (Wildman–Crippen MR) is 190 cm³/mol. The lowest BCUT2D eigenvalue weighted by Gasteiger charge is -2.31. The molecule has 49 heavy (non-hydrogen) atoms. The molecule has 6 aliphatic rings. The number of furan rings is 1. The molecule has 258 valence electrons. The number of rotatable bonds is 10. The summed E-state index contributed by atoms with van der Waals surface area (Å²) in [5.41, 5.74) is 6.25. The lowest BCUT2D eigenvalue weighted by atomic mass is 9.84. The summed E-state index contributed by atoms with van der Waals surface area (Å²) in [6.45, 7) is 2.36. The second-order valence-corrected chi connectivity index (χ2v) is 16.1. The highest BCUT2D eigenvalue weighted by Gasteiger charge is 2.44. The molecule has 0 unspecified atom stereocenters. The fraction of sp³-hybridized carbons (Fsp3) is 0.571. The molecule has 2 N–H and O–H groups in total. The highest BCUT2D eigenvalue weighted by atomic mass is 16.4. The molecule has 2 aliphatic carbocycles. The second-order valence-electron chi connectivity index (χ2n) is 16.1. The molecule has 7 nitrogen and oxygen atoms in total. The average Bonchev–Trinajstić information content (AvgIpc) is 3.98. The fourth-order valence-corrected chi connectivity index (χ4v) is 10.9. The SMILES string of the molecule is O=C(NC1CCC(CCN2[C@@H]3CC[C@H]2c2ccccc23)CC1)c1ccc(C(=O)NC2CCC(CCN3[C@@H]4CC[C@H]3c3ccccc34)CC2)o1. The van der Waals surface area contributed by atoms with Crippen molar-refractivity contribution in [2.45, 2.75) is 126 Å².